The number of aliphatic hydroxyl groups excluding tert-OH is 1. The van der Waals surface area contributed by atoms with Crippen LogP contribution in [0.5, 0.6) is 5.75 Å². The fourth-order valence-corrected chi connectivity index (χ4v) is 4.13. The van der Waals surface area contributed by atoms with Crippen LogP contribution in [0.4, 0.5) is 0 Å². The quantitative estimate of drug-likeness (QED) is 0.718. The average Bonchev–Trinajstić information content (AvgIpc) is 2.61. The Labute approximate surface area is 149 Å². The zero-order chi connectivity index (χ0) is 18.3. The lowest BCUT2D eigenvalue weighted by Gasteiger charge is -2.17. The van der Waals surface area contributed by atoms with Gasteiger partial charge in [0.05, 0.1) is 12.0 Å². The molecular formula is C19H25NO4S. The largest absolute Gasteiger partial charge is 0.497 e. The predicted octanol–water partition coefficient (Wildman–Crippen LogP) is 2.84. The highest BCUT2D eigenvalue weighted by Gasteiger charge is 2.18. The maximum absolute atomic E-state index is 12.5. The lowest BCUT2D eigenvalue weighted by molar-refractivity contribution is 0.273. The molecule has 1 unspecified atom stereocenters. The highest BCUT2D eigenvalue weighted by molar-refractivity contribution is 7.89. The molecule has 136 valence electrons. The molecule has 2 N–H and O–H groups in total. The zero-order valence-corrected chi connectivity index (χ0v) is 15.4. The molecule has 0 amide bonds. The fourth-order valence-electron chi connectivity index (χ4n) is 2.85. The third kappa shape index (κ3) is 5.29. The van der Waals surface area contributed by atoms with Crippen molar-refractivity contribution < 1.29 is 18.3 Å². The molecule has 0 aliphatic rings. The van der Waals surface area contributed by atoms with Gasteiger partial charge in [0.1, 0.15) is 5.75 Å². The molecule has 5 nitrogen and oxygen atoms in total. The van der Waals surface area contributed by atoms with E-state index in [2.05, 4.69) is 4.72 Å². The third-order valence-corrected chi connectivity index (χ3v) is 5.83. The van der Waals surface area contributed by atoms with Gasteiger partial charge in [0.15, 0.2) is 0 Å². The maximum Gasteiger partial charge on any atom is 0.240 e. The van der Waals surface area contributed by atoms with Gasteiger partial charge in [-0.2, -0.15) is 0 Å². The van der Waals surface area contributed by atoms with Gasteiger partial charge in [-0.05, 0) is 55.0 Å². The Hall–Kier alpha value is -1.89. The Morgan fingerprint density at radius 1 is 1.12 bits per heavy atom. The van der Waals surface area contributed by atoms with E-state index in [-0.39, 0.29) is 17.4 Å². The summed E-state index contributed by atoms with van der Waals surface area (Å²) in [6, 6.07) is 14.7. The van der Waals surface area contributed by atoms with Crippen LogP contribution in [0, 0.1) is 6.92 Å². The second kappa shape index (κ2) is 8.99. The fraction of sp³-hybridized carbons (Fsp3) is 0.368. The van der Waals surface area contributed by atoms with Crippen LogP contribution in [0.15, 0.2) is 53.4 Å². The molecule has 0 radical (unpaired) electrons. The summed E-state index contributed by atoms with van der Waals surface area (Å²) < 4.78 is 32.8. The average molecular weight is 363 g/mol. The first-order valence-electron chi connectivity index (χ1n) is 8.28. The van der Waals surface area contributed by atoms with Gasteiger partial charge in [0.25, 0.3) is 0 Å². The van der Waals surface area contributed by atoms with Crippen LogP contribution >= 0.6 is 0 Å². The van der Waals surface area contributed by atoms with Gasteiger partial charge in [-0.25, -0.2) is 13.1 Å². The van der Waals surface area contributed by atoms with Gasteiger partial charge in [-0.15, -0.1) is 0 Å². The Kier molecular flexibility index (Phi) is 6.99. The van der Waals surface area contributed by atoms with E-state index < -0.39 is 10.0 Å². The summed E-state index contributed by atoms with van der Waals surface area (Å²) in [6.45, 7) is 2.13. The second-order valence-corrected chi connectivity index (χ2v) is 7.67. The number of methoxy groups -OCH3 is 1. The van der Waals surface area contributed by atoms with Gasteiger partial charge in [-0.1, -0.05) is 30.3 Å². The van der Waals surface area contributed by atoms with Crippen LogP contribution in [0.25, 0.3) is 0 Å². The van der Waals surface area contributed by atoms with Crippen molar-refractivity contribution >= 4 is 10.0 Å². The SMILES string of the molecule is COc1ccc(S(=O)(=O)NCCC(CCO)c2ccccc2)c(C)c1. The van der Waals surface area contributed by atoms with Crippen LogP contribution in [0.3, 0.4) is 0 Å². The molecule has 0 aliphatic heterocycles. The summed E-state index contributed by atoms with van der Waals surface area (Å²) in [7, 11) is -2.03. The Balaban J connectivity index is 2.03. The number of ether oxygens (including phenoxy) is 1. The highest BCUT2D eigenvalue weighted by atomic mass is 32.2. The van der Waals surface area contributed by atoms with Gasteiger partial charge in [0, 0.05) is 13.2 Å². The van der Waals surface area contributed by atoms with Crippen LogP contribution in [0.1, 0.15) is 29.9 Å². The van der Waals surface area contributed by atoms with Crippen LogP contribution in [-0.2, 0) is 10.0 Å². The van der Waals surface area contributed by atoms with Gasteiger partial charge in [0.2, 0.25) is 10.0 Å². The number of hydrogen-bond acceptors (Lipinski definition) is 4. The normalized spacial score (nSPS) is 12.8. The minimum absolute atomic E-state index is 0.0733. The maximum atomic E-state index is 12.5. The number of aryl methyl sites for hydroxylation is 1. The lowest BCUT2D eigenvalue weighted by Crippen LogP contribution is -2.26. The van der Waals surface area contributed by atoms with Crippen molar-refractivity contribution in [3.63, 3.8) is 0 Å². The minimum Gasteiger partial charge on any atom is -0.497 e. The number of nitrogens with one attached hydrogen (secondary N) is 1. The standard InChI is InChI=1S/C19H25NO4S/c1-15-14-18(24-2)8-9-19(15)25(22,23)20-12-10-17(11-13-21)16-6-4-3-5-7-16/h3-9,14,17,20-21H,10-13H2,1-2H3. The number of aliphatic hydroxyl groups is 1. The molecule has 1 atom stereocenters. The summed E-state index contributed by atoms with van der Waals surface area (Å²) in [4.78, 5) is 0.256. The first-order chi connectivity index (χ1) is 12.0. The van der Waals surface area contributed by atoms with Crippen molar-refractivity contribution in [1.82, 2.24) is 4.72 Å². The number of rotatable bonds is 9. The van der Waals surface area contributed by atoms with E-state index in [0.717, 1.165) is 5.56 Å². The van der Waals surface area contributed by atoms with E-state index >= 15 is 0 Å². The van der Waals surface area contributed by atoms with E-state index in [1.807, 2.05) is 30.3 Å². The van der Waals surface area contributed by atoms with E-state index in [0.29, 0.717) is 30.7 Å². The van der Waals surface area contributed by atoms with Crippen molar-refractivity contribution in [2.24, 2.45) is 0 Å². The molecule has 0 saturated heterocycles. The lowest BCUT2D eigenvalue weighted by atomic mass is 9.93. The van der Waals surface area contributed by atoms with Crippen molar-refractivity contribution in [2.75, 3.05) is 20.3 Å². The molecule has 2 aromatic rings. The smallest absolute Gasteiger partial charge is 0.240 e. The molecule has 0 saturated carbocycles. The van der Waals surface area contributed by atoms with Crippen LogP contribution in [-0.4, -0.2) is 33.8 Å². The van der Waals surface area contributed by atoms with Gasteiger partial charge < -0.3 is 9.84 Å². The number of benzene rings is 2. The molecule has 2 rings (SSSR count). The summed E-state index contributed by atoms with van der Waals surface area (Å²) in [5, 5.41) is 9.27. The predicted molar refractivity (Wildman–Crippen MR) is 98.4 cm³/mol. The first-order valence-corrected chi connectivity index (χ1v) is 9.76. The van der Waals surface area contributed by atoms with Gasteiger partial charge in [-0.3, -0.25) is 0 Å². The molecular weight excluding hydrogens is 338 g/mol. The zero-order valence-electron chi connectivity index (χ0n) is 14.6. The summed E-state index contributed by atoms with van der Waals surface area (Å²) >= 11 is 0. The molecule has 0 aromatic heterocycles. The van der Waals surface area contributed by atoms with Crippen molar-refractivity contribution in [3.05, 3.63) is 59.7 Å². The molecule has 0 bridgehead atoms. The van der Waals surface area contributed by atoms with Crippen LogP contribution < -0.4 is 9.46 Å². The number of sulfonamides is 1. The third-order valence-electron chi connectivity index (χ3n) is 4.21. The Morgan fingerprint density at radius 2 is 1.84 bits per heavy atom. The van der Waals surface area contributed by atoms with E-state index in [1.54, 1.807) is 32.2 Å². The van der Waals surface area contributed by atoms with Crippen molar-refractivity contribution in [2.45, 2.75) is 30.6 Å². The minimum atomic E-state index is -3.58. The summed E-state index contributed by atoms with van der Waals surface area (Å²) in [6.07, 6.45) is 1.23. The molecule has 0 spiro atoms. The summed E-state index contributed by atoms with van der Waals surface area (Å²) in [5.41, 5.74) is 1.75. The topological polar surface area (TPSA) is 75.6 Å². The Morgan fingerprint density at radius 3 is 2.44 bits per heavy atom. The van der Waals surface area contributed by atoms with Crippen molar-refractivity contribution in [1.29, 1.82) is 0 Å². The molecule has 0 heterocycles. The molecule has 0 aliphatic carbocycles. The van der Waals surface area contributed by atoms with Crippen molar-refractivity contribution in [3.8, 4) is 5.75 Å². The van der Waals surface area contributed by atoms with E-state index in [9.17, 15) is 13.5 Å². The molecule has 0 fully saturated rings. The molecule has 25 heavy (non-hydrogen) atoms. The van der Waals surface area contributed by atoms with E-state index in [1.165, 1.54) is 0 Å². The van der Waals surface area contributed by atoms with Gasteiger partial charge >= 0.3 is 0 Å². The van der Waals surface area contributed by atoms with Crippen LogP contribution in [0.2, 0.25) is 0 Å². The second-order valence-electron chi connectivity index (χ2n) is 5.94. The number of hydrogen-bond donors (Lipinski definition) is 2. The van der Waals surface area contributed by atoms with E-state index in [4.69, 9.17) is 4.74 Å². The first kappa shape index (κ1) is 19.4. The summed E-state index contributed by atoms with van der Waals surface area (Å²) in [5.74, 6) is 0.745. The monoisotopic (exact) mass is 363 g/mol. The molecule has 2 aromatic carbocycles. The highest BCUT2D eigenvalue weighted by Crippen LogP contribution is 2.24. The Bertz CT molecular complexity index is 775. The molecule has 6 heteroatoms.